The van der Waals surface area contributed by atoms with Crippen molar-refractivity contribution in [3.8, 4) is 11.4 Å². The molecule has 1 aliphatic rings. The first-order chi connectivity index (χ1) is 14.9. The number of nitrogens with one attached hydrogen (secondary N) is 2. The zero-order valence-corrected chi connectivity index (χ0v) is 18.6. The second-order valence-electron chi connectivity index (χ2n) is 8.62. The van der Waals surface area contributed by atoms with E-state index in [2.05, 4.69) is 20.8 Å². The van der Waals surface area contributed by atoms with E-state index in [0.29, 0.717) is 23.2 Å². The van der Waals surface area contributed by atoms with Crippen LogP contribution in [0, 0.1) is 0 Å². The first-order valence-corrected chi connectivity index (χ1v) is 10.2. The molecule has 0 bridgehead atoms. The van der Waals surface area contributed by atoms with Crippen LogP contribution in [0.4, 0.5) is 15.3 Å². The van der Waals surface area contributed by atoms with Crippen LogP contribution in [-0.4, -0.2) is 45.0 Å². The summed E-state index contributed by atoms with van der Waals surface area (Å²) in [5.74, 6) is 0.328. The number of carboxylic acid groups (broad SMARTS) is 1. The lowest BCUT2D eigenvalue weighted by molar-refractivity contribution is -0.117. The maximum Gasteiger partial charge on any atom is 0.408 e. The lowest BCUT2D eigenvalue weighted by atomic mass is 9.90. The Hall–Kier alpha value is -3.63. The highest BCUT2D eigenvalue weighted by molar-refractivity contribution is 5.94. The second kappa shape index (κ2) is 8.85. The Kier molecular flexibility index (Phi) is 6.37. The zero-order valence-electron chi connectivity index (χ0n) is 18.6. The van der Waals surface area contributed by atoms with E-state index < -0.39 is 23.8 Å². The minimum atomic E-state index is -1.15. The lowest BCUT2D eigenvalue weighted by Gasteiger charge is -2.39. The number of carbonyl (C=O) groups excluding carboxylic acids is 2. The molecule has 2 aromatic rings. The molecule has 0 radical (unpaired) electrons. The van der Waals surface area contributed by atoms with Gasteiger partial charge < -0.3 is 29.9 Å². The predicted molar refractivity (Wildman–Crippen MR) is 114 cm³/mol. The van der Waals surface area contributed by atoms with E-state index in [0.717, 1.165) is 0 Å². The number of hydrogen-bond acceptors (Lipinski definition) is 7. The van der Waals surface area contributed by atoms with Crippen molar-refractivity contribution in [3.05, 3.63) is 29.7 Å². The molecule has 1 aromatic carbocycles. The fourth-order valence-corrected chi connectivity index (χ4v) is 3.67. The van der Waals surface area contributed by atoms with Crippen LogP contribution in [0.25, 0.3) is 11.4 Å². The van der Waals surface area contributed by atoms with Crippen LogP contribution in [0.1, 0.15) is 58.5 Å². The molecule has 3 amide bonds. The third kappa shape index (κ3) is 5.34. The van der Waals surface area contributed by atoms with Gasteiger partial charge in [-0.3, -0.25) is 4.79 Å². The maximum absolute atomic E-state index is 12.2. The minimum Gasteiger partial charge on any atom is -0.465 e. The van der Waals surface area contributed by atoms with Crippen LogP contribution < -0.4 is 15.5 Å². The van der Waals surface area contributed by atoms with Gasteiger partial charge in [0, 0.05) is 24.2 Å². The first kappa shape index (κ1) is 23.0. The number of carbonyl (C=O) groups is 3. The van der Waals surface area contributed by atoms with Gasteiger partial charge in [-0.1, -0.05) is 5.16 Å². The topological polar surface area (TPSA) is 147 Å². The third-order valence-corrected chi connectivity index (χ3v) is 4.83. The highest BCUT2D eigenvalue weighted by atomic mass is 16.6. The van der Waals surface area contributed by atoms with Crippen molar-refractivity contribution in [2.75, 3.05) is 4.90 Å². The van der Waals surface area contributed by atoms with Crippen molar-refractivity contribution >= 4 is 23.8 Å². The summed E-state index contributed by atoms with van der Waals surface area (Å²) in [7, 11) is 0. The van der Waals surface area contributed by atoms with Crippen molar-refractivity contribution in [1.82, 2.24) is 20.8 Å². The van der Waals surface area contributed by atoms with Crippen molar-refractivity contribution < 1.29 is 28.8 Å². The number of amides is 3. The summed E-state index contributed by atoms with van der Waals surface area (Å²) in [4.78, 5) is 41.2. The van der Waals surface area contributed by atoms with E-state index in [-0.39, 0.29) is 30.2 Å². The van der Waals surface area contributed by atoms with Gasteiger partial charge in [-0.15, -0.1) is 0 Å². The van der Waals surface area contributed by atoms with E-state index in [9.17, 15) is 19.5 Å². The largest absolute Gasteiger partial charge is 0.465 e. The highest BCUT2D eigenvalue weighted by Crippen LogP contribution is 2.39. The van der Waals surface area contributed by atoms with Crippen molar-refractivity contribution in [2.45, 2.75) is 65.3 Å². The maximum atomic E-state index is 12.2. The number of nitrogens with zero attached hydrogens (tertiary/aromatic N) is 3. The zero-order chi connectivity index (χ0) is 23.6. The molecule has 2 heterocycles. The van der Waals surface area contributed by atoms with Crippen LogP contribution >= 0.6 is 0 Å². The number of alkyl carbamates (subject to hydrolysis) is 1. The van der Waals surface area contributed by atoms with Gasteiger partial charge in [0.25, 0.3) is 0 Å². The molecule has 0 unspecified atom stereocenters. The summed E-state index contributed by atoms with van der Waals surface area (Å²) in [6.07, 6.45) is -1.32. The van der Waals surface area contributed by atoms with Crippen molar-refractivity contribution in [3.63, 3.8) is 0 Å². The quantitative estimate of drug-likeness (QED) is 0.650. The molecule has 1 aliphatic heterocycles. The van der Waals surface area contributed by atoms with Gasteiger partial charge in [-0.25, -0.2) is 9.59 Å². The summed E-state index contributed by atoms with van der Waals surface area (Å²) in [5.41, 5.74) is 1.25. The van der Waals surface area contributed by atoms with Gasteiger partial charge in [0.15, 0.2) is 0 Å². The number of ether oxygens (including phenoxy) is 1. The standard InChI is InChI=1S/C21H27N5O6/c1-11-8-15(23-19(28)29)14-9-13(6-7-16(14)26(11)12(2)27)18-24-17(32-25-18)10-22-20(30)31-21(3,4)5/h6-7,9,11,15,23H,8,10H2,1-5H3,(H,22,30)(H,28,29)/t11-,15+/m0/s1. The van der Waals surface area contributed by atoms with Crippen LogP contribution in [0.2, 0.25) is 0 Å². The summed E-state index contributed by atoms with van der Waals surface area (Å²) in [6, 6.07) is 4.56. The number of rotatable bonds is 4. The van der Waals surface area contributed by atoms with Crippen LogP contribution in [0.5, 0.6) is 0 Å². The van der Waals surface area contributed by atoms with Crippen LogP contribution in [-0.2, 0) is 16.1 Å². The first-order valence-electron chi connectivity index (χ1n) is 10.2. The smallest absolute Gasteiger partial charge is 0.408 e. The molecule has 0 saturated carbocycles. The Labute approximate surface area is 185 Å². The molecule has 0 aliphatic carbocycles. The molecule has 0 fully saturated rings. The highest BCUT2D eigenvalue weighted by Gasteiger charge is 2.33. The van der Waals surface area contributed by atoms with Gasteiger partial charge >= 0.3 is 12.2 Å². The number of hydrogen-bond donors (Lipinski definition) is 3. The fourth-order valence-electron chi connectivity index (χ4n) is 3.67. The van der Waals surface area contributed by atoms with E-state index in [4.69, 9.17) is 9.26 Å². The van der Waals surface area contributed by atoms with Crippen LogP contribution in [0.3, 0.4) is 0 Å². The number of aromatic nitrogens is 2. The average molecular weight is 445 g/mol. The molecule has 0 saturated heterocycles. The molecule has 11 nitrogen and oxygen atoms in total. The SMILES string of the molecule is CC(=O)N1c2ccc(-c3noc(CNC(=O)OC(C)(C)C)n3)cc2[C@H](NC(=O)O)C[C@@H]1C. The Morgan fingerprint density at radius 1 is 1.31 bits per heavy atom. The normalized spacial score (nSPS) is 18.0. The fraction of sp³-hybridized carbons (Fsp3) is 0.476. The second-order valence-corrected chi connectivity index (χ2v) is 8.62. The molecular formula is C21H27N5O6. The minimum absolute atomic E-state index is 0.00826. The Balaban J connectivity index is 1.84. The predicted octanol–water partition coefficient (Wildman–Crippen LogP) is 3.22. The summed E-state index contributed by atoms with van der Waals surface area (Å²) < 4.78 is 10.4. The van der Waals surface area contributed by atoms with Gasteiger partial charge in [-0.05, 0) is 57.9 Å². The van der Waals surface area contributed by atoms with Gasteiger partial charge in [0.05, 0.1) is 6.04 Å². The molecule has 2 atom stereocenters. The van der Waals surface area contributed by atoms with Crippen molar-refractivity contribution in [1.29, 1.82) is 0 Å². The summed E-state index contributed by atoms with van der Waals surface area (Å²) in [6.45, 7) is 8.61. The molecule has 172 valence electrons. The van der Waals surface area contributed by atoms with E-state index in [1.54, 1.807) is 43.9 Å². The number of anilines is 1. The molecule has 11 heteroatoms. The van der Waals surface area contributed by atoms with E-state index in [1.807, 2.05) is 6.92 Å². The summed E-state index contributed by atoms with van der Waals surface area (Å²) >= 11 is 0. The van der Waals surface area contributed by atoms with E-state index >= 15 is 0 Å². The Morgan fingerprint density at radius 2 is 2.03 bits per heavy atom. The van der Waals surface area contributed by atoms with Crippen LogP contribution in [0.15, 0.2) is 22.7 Å². The van der Waals surface area contributed by atoms with Gasteiger partial charge in [0.1, 0.15) is 12.1 Å². The molecular weight excluding hydrogens is 418 g/mol. The van der Waals surface area contributed by atoms with E-state index in [1.165, 1.54) is 6.92 Å². The van der Waals surface area contributed by atoms with Gasteiger partial charge in [-0.2, -0.15) is 4.98 Å². The lowest BCUT2D eigenvalue weighted by Crippen LogP contribution is -2.45. The van der Waals surface area contributed by atoms with Crippen molar-refractivity contribution in [2.24, 2.45) is 0 Å². The average Bonchev–Trinajstić information content (AvgIpc) is 3.13. The van der Waals surface area contributed by atoms with Gasteiger partial charge in [0.2, 0.25) is 17.6 Å². The molecule has 3 rings (SSSR count). The number of fused-ring (bicyclic) bond motifs is 1. The molecule has 0 spiro atoms. The Morgan fingerprint density at radius 3 is 2.66 bits per heavy atom. The number of benzene rings is 1. The molecule has 3 N–H and O–H groups in total. The molecule has 1 aromatic heterocycles. The monoisotopic (exact) mass is 445 g/mol. The third-order valence-electron chi connectivity index (χ3n) is 4.83. The molecule has 32 heavy (non-hydrogen) atoms. The summed E-state index contributed by atoms with van der Waals surface area (Å²) in [5, 5.41) is 18.2. The Bertz CT molecular complexity index is 1030.